The van der Waals surface area contributed by atoms with Crippen molar-refractivity contribution in [2.24, 2.45) is 0 Å². The van der Waals surface area contributed by atoms with Gasteiger partial charge in [-0.05, 0) is 25.6 Å². The van der Waals surface area contributed by atoms with Crippen LogP contribution in [0.5, 0.6) is 0 Å². The van der Waals surface area contributed by atoms with Crippen molar-refractivity contribution in [3.63, 3.8) is 0 Å². The van der Waals surface area contributed by atoms with Crippen LogP contribution in [0.15, 0.2) is 18.2 Å². The highest BCUT2D eigenvalue weighted by Gasteiger charge is 2.21. The number of halogens is 2. The van der Waals surface area contributed by atoms with E-state index in [4.69, 9.17) is 11.6 Å². The summed E-state index contributed by atoms with van der Waals surface area (Å²) < 4.78 is 13.4. The van der Waals surface area contributed by atoms with Crippen LogP contribution in [-0.2, 0) is 0 Å². The first-order valence-electron chi connectivity index (χ1n) is 4.93. The minimum absolute atomic E-state index is 0.160. The maximum absolute atomic E-state index is 13.4. The van der Waals surface area contributed by atoms with Crippen molar-refractivity contribution in [3.8, 4) is 0 Å². The number of aliphatic hydroxyl groups excluding tert-OH is 1. The maximum atomic E-state index is 13.4. The van der Waals surface area contributed by atoms with E-state index in [0.29, 0.717) is 6.54 Å². The Morgan fingerprint density at radius 2 is 2.20 bits per heavy atom. The number of hydrogen-bond acceptors (Lipinski definition) is 2. The Hall–Kier alpha value is -0.640. The van der Waals surface area contributed by atoms with E-state index in [2.05, 4.69) is 5.32 Å². The largest absolute Gasteiger partial charge is 0.387 e. The third-order valence-electron chi connectivity index (χ3n) is 2.30. The van der Waals surface area contributed by atoms with E-state index in [9.17, 15) is 9.50 Å². The number of nitrogens with one attached hydrogen (secondary N) is 1. The van der Waals surface area contributed by atoms with Gasteiger partial charge in [0.25, 0.3) is 0 Å². The summed E-state index contributed by atoms with van der Waals surface area (Å²) in [5.41, 5.74) is 0.160. The molecule has 0 amide bonds. The number of rotatable bonds is 4. The van der Waals surface area contributed by atoms with Crippen molar-refractivity contribution in [2.75, 3.05) is 6.54 Å². The highest BCUT2D eigenvalue weighted by molar-refractivity contribution is 6.31. The van der Waals surface area contributed by atoms with Crippen molar-refractivity contribution in [3.05, 3.63) is 34.6 Å². The quantitative estimate of drug-likeness (QED) is 0.835. The molecule has 1 rings (SSSR count). The summed E-state index contributed by atoms with van der Waals surface area (Å²) in [5.74, 6) is -0.472. The number of aliphatic hydroxyl groups is 1. The third-order valence-corrected chi connectivity index (χ3v) is 2.62. The number of hydrogen-bond donors (Lipinski definition) is 2. The smallest absolute Gasteiger partial charge is 0.130 e. The Morgan fingerprint density at radius 1 is 1.53 bits per heavy atom. The summed E-state index contributed by atoms with van der Waals surface area (Å²) >= 11 is 5.84. The van der Waals surface area contributed by atoms with Crippen LogP contribution in [0.3, 0.4) is 0 Å². The Kier molecular flexibility index (Phi) is 4.51. The fourth-order valence-electron chi connectivity index (χ4n) is 1.48. The van der Waals surface area contributed by atoms with E-state index in [1.807, 2.05) is 6.92 Å². The molecular formula is C11H15ClFNO. The van der Waals surface area contributed by atoms with Gasteiger partial charge in [-0.25, -0.2) is 4.39 Å². The van der Waals surface area contributed by atoms with Crippen molar-refractivity contribution in [2.45, 2.75) is 26.0 Å². The molecule has 0 aromatic heterocycles. The normalized spacial score (nSPS) is 15.0. The second kappa shape index (κ2) is 5.45. The van der Waals surface area contributed by atoms with Crippen molar-refractivity contribution in [1.29, 1.82) is 0 Å². The second-order valence-electron chi connectivity index (χ2n) is 3.43. The van der Waals surface area contributed by atoms with Crippen molar-refractivity contribution in [1.82, 2.24) is 5.32 Å². The standard InChI is InChI=1S/C11H15ClFNO/c1-3-14-7(2)11(15)10-8(12)5-4-6-9(10)13/h4-7,11,14-15H,3H2,1-2H3. The molecule has 84 valence electrons. The Bertz CT molecular complexity index is 312. The molecule has 2 nitrogen and oxygen atoms in total. The fraction of sp³-hybridized carbons (Fsp3) is 0.455. The van der Waals surface area contributed by atoms with Gasteiger partial charge in [0.1, 0.15) is 5.82 Å². The van der Waals surface area contributed by atoms with Gasteiger partial charge in [-0.2, -0.15) is 0 Å². The Labute approximate surface area is 94.1 Å². The molecule has 0 aliphatic rings. The zero-order chi connectivity index (χ0) is 11.4. The minimum atomic E-state index is -0.932. The molecule has 4 heteroatoms. The van der Waals surface area contributed by atoms with Gasteiger partial charge >= 0.3 is 0 Å². The molecule has 0 aliphatic carbocycles. The first-order chi connectivity index (χ1) is 7.07. The van der Waals surface area contributed by atoms with Gasteiger partial charge in [0.2, 0.25) is 0 Å². The topological polar surface area (TPSA) is 32.3 Å². The molecule has 0 aliphatic heterocycles. The molecule has 2 unspecified atom stereocenters. The predicted octanol–water partition coefficient (Wildman–Crippen LogP) is 2.51. The van der Waals surface area contributed by atoms with Crippen LogP contribution in [0.4, 0.5) is 4.39 Å². The van der Waals surface area contributed by atoms with Crippen LogP contribution in [-0.4, -0.2) is 17.7 Å². The lowest BCUT2D eigenvalue weighted by atomic mass is 10.0. The summed E-state index contributed by atoms with van der Waals surface area (Å²) in [6, 6.07) is 4.15. The van der Waals surface area contributed by atoms with Crippen LogP contribution < -0.4 is 5.32 Å². The highest BCUT2D eigenvalue weighted by Crippen LogP contribution is 2.27. The Morgan fingerprint density at radius 3 is 2.73 bits per heavy atom. The molecule has 15 heavy (non-hydrogen) atoms. The number of benzene rings is 1. The second-order valence-corrected chi connectivity index (χ2v) is 3.83. The van der Waals surface area contributed by atoms with Crippen LogP contribution in [0.25, 0.3) is 0 Å². The zero-order valence-electron chi connectivity index (χ0n) is 8.80. The molecule has 0 spiro atoms. The molecule has 0 saturated heterocycles. The zero-order valence-corrected chi connectivity index (χ0v) is 9.55. The molecule has 0 heterocycles. The van der Waals surface area contributed by atoms with Crippen LogP contribution in [0.1, 0.15) is 25.5 Å². The molecule has 0 bridgehead atoms. The summed E-state index contributed by atoms with van der Waals surface area (Å²) in [6.07, 6.45) is -0.932. The van der Waals surface area contributed by atoms with Gasteiger partial charge in [0.15, 0.2) is 0 Å². The lowest BCUT2D eigenvalue weighted by Crippen LogP contribution is -2.32. The van der Waals surface area contributed by atoms with Crippen molar-refractivity contribution < 1.29 is 9.50 Å². The van der Waals surface area contributed by atoms with Gasteiger partial charge in [-0.15, -0.1) is 0 Å². The SMILES string of the molecule is CCNC(C)C(O)c1c(F)cccc1Cl. The first-order valence-corrected chi connectivity index (χ1v) is 5.31. The van der Waals surface area contributed by atoms with E-state index in [1.165, 1.54) is 12.1 Å². The van der Waals surface area contributed by atoms with Gasteiger partial charge in [0, 0.05) is 16.6 Å². The van der Waals surface area contributed by atoms with E-state index in [0.717, 1.165) is 0 Å². The van der Waals surface area contributed by atoms with Crippen molar-refractivity contribution >= 4 is 11.6 Å². The van der Waals surface area contributed by atoms with Crippen LogP contribution >= 0.6 is 11.6 Å². The number of likely N-dealkylation sites (N-methyl/N-ethyl adjacent to an activating group) is 1. The average Bonchev–Trinajstić information content (AvgIpc) is 2.17. The van der Waals surface area contributed by atoms with E-state index in [1.54, 1.807) is 13.0 Å². The van der Waals surface area contributed by atoms with Crippen LogP contribution in [0.2, 0.25) is 5.02 Å². The molecule has 1 aromatic rings. The lowest BCUT2D eigenvalue weighted by Gasteiger charge is -2.21. The summed E-state index contributed by atoms with van der Waals surface area (Å²) in [4.78, 5) is 0. The van der Waals surface area contributed by atoms with E-state index >= 15 is 0 Å². The molecule has 0 saturated carbocycles. The van der Waals surface area contributed by atoms with Gasteiger partial charge in [-0.3, -0.25) is 0 Å². The molecule has 2 atom stereocenters. The third kappa shape index (κ3) is 2.91. The minimum Gasteiger partial charge on any atom is -0.387 e. The maximum Gasteiger partial charge on any atom is 0.130 e. The summed E-state index contributed by atoms with van der Waals surface area (Å²) in [6.45, 7) is 4.42. The van der Waals surface area contributed by atoms with E-state index < -0.39 is 11.9 Å². The van der Waals surface area contributed by atoms with Gasteiger partial charge < -0.3 is 10.4 Å². The molecule has 0 fully saturated rings. The first kappa shape index (κ1) is 12.4. The lowest BCUT2D eigenvalue weighted by molar-refractivity contribution is 0.133. The summed E-state index contributed by atoms with van der Waals surface area (Å²) in [5, 5.41) is 13.2. The molecule has 0 radical (unpaired) electrons. The molecule has 2 N–H and O–H groups in total. The fourth-order valence-corrected chi connectivity index (χ4v) is 1.75. The van der Waals surface area contributed by atoms with Gasteiger partial charge in [-0.1, -0.05) is 24.6 Å². The van der Waals surface area contributed by atoms with Crippen LogP contribution in [0, 0.1) is 5.82 Å². The Balaban J connectivity index is 2.94. The van der Waals surface area contributed by atoms with E-state index in [-0.39, 0.29) is 16.6 Å². The van der Waals surface area contributed by atoms with Gasteiger partial charge in [0.05, 0.1) is 6.10 Å². The molecule has 1 aromatic carbocycles. The predicted molar refractivity (Wildman–Crippen MR) is 59.5 cm³/mol. The monoisotopic (exact) mass is 231 g/mol. The highest BCUT2D eigenvalue weighted by atomic mass is 35.5. The average molecular weight is 232 g/mol. The summed E-state index contributed by atoms with van der Waals surface area (Å²) in [7, 11) is 0. The molecular weight excluding hydrogens is 217 g/mol.